The zero-order valence-corrected chi connectivity index (χ0v) is 12.9. The quantitative estimate of drug-likeness (QED) is 0.582. The van der Waals surface area contributed by atoms with E-state index >= 15 is 0 Å². The third-order valence-corrected chi connectivity index (χ3v) is 3.77. The van der Waals surface area contributed by atoms with E-state index in [1.807, 2.05) is 31.2 Å². The molecule has 4 heteroatoms. The molecule has 0 unspecified atom stereocenters. The second-order valence-corrected chi connectivity index (χ2v) is 5.11. The maximum absolute atomic E-state index is 9.32. The Morgan fingerprint density at radius 3 is 2.59 bits per heavy atom. The molecular formula is C18H20NO3+. The summed E-state index contributed by atoms with van der Waals surface area (Å²) in [6.07, 6.45) is 2.05. The molecule has 1 N–H and O–H groups in total. The minimum atomic E-state index is 0.0997. The molecule has 0 spiro atoms. The van der Waals surface area contributed by atoms with Gasteiger partial charge in [-0.3, -0.25) is 0 Å². The van der Waals surface area contributed by atoms with E-state index in [1.54, 1.807) is 7.11 Å². The Labute approximate surface area is 129 Å². The van der Waals surface area contributed by atoms with Crippen LogP contribution < -0.4 is 14.0 Å². The lowest BCUT2D eigenvalue weighted by molar-refractivity contribution is -0.671. The van der Waals surface area contributed by atoms with Crippen molar-refractivity contribution in [1.29, 1.82) is 0 Å². The predicted molar refractivity (Wildman–Crippen MR) is 86.5 cm³/mol. The van der Waals surface area contributed by atoms with Crippen molar-refractivity contribution < 1.29 is 19.1 Å². The summed E-state index contributed by atoms with van der Waals surface area (Å²) in [7, 11) is 1.66. The van der Waals surface area contributed by atoms with Crippen molar-refractivity contribution in [2.24, 2.45) is 0 Å². The van der Waals surface area contributed by atoms with Gasteiger partial charge in [-0.2, -0.15) is 4.57 Å². The molecule has 22 heavy (non-hydrogen) atoms. The van der Waals surface area contributed by atoms with Gasteiger partial charge >= 0.3 is 0 Å². The monoisotopic (exact) mass is 298 g/mol. The summed E-state index contributed by atoms with van der Waals surface area (Å²) in [5, 5.41) is 12.7. The molecule has 1 heterocycles. The smallest absolute Gasteiger partial charge is 0.213 e. The Kier molecular flexibility index (Phi) is 4.11. The lowest BCUT2D eigenvalue weighted by atomic mass is 10.1. The molecule has 1 aromatic heterocycles. The van der Waals surface area contributed by atoms with Crippen LogP contribution in [0.4, 0.5) is 0 Å². The van der Waals surface area contributed by atoms with Crippen molar-refractivity contribution in [3.05, 3.63) is 42.6 Å². The number of pyridine rings is 1. The number of hydrogen-bond donors (Lipinski definition) is 1. The van der Waals surface area contributed by atoms with Crippen LogP contribution in [0.5, 0.6) is 11.5 Å². The number of rotatable bonds is 5. The SMILES string of the molecule is CCOc1ccc2c(c1)c1ccc(OC)cc1c[n+]2CCO. The van der Waals surface area contributed by atoms with E-state index in [4.69, 9.17) is 9.47 Å². The number of nitrogens with zero attached hydrogens (tertiary/aromatic N) is 1. The van der Waals surface area contributed by atoms with Crippen LogP contribution in [0, 0.1) is 0 Å². The van der Waals surface area contributed by atoms with Crippen molar-refractivity contribution in [1.82, 2.24) is 0 Å². The molecule has 0 aliphatic carbocycles. The number of aliphatic hydroxyl groups is 1. The van der Waals surface area contributed by atoms with E-state index in [0.29, 0.717) is 13.2 Å². The molecule has 0 amide bonds. The second-order valence-electron chi connectivity index (χ2n) is 5.11. The molecule has 0 fully saturated rings. The van der Waals surface area contributed by atoms with Crippen molar-refractivity contribution in [2.75, 3.05) is 20.3 Å². The first-order valence-electron chi connectivity index (χ1n) is 7.44. The van der Waals surface area contributed by atoms with Crippen molar-refractivity contribution in [2.45, 2.75) is 13.5 Å². The van der Waals surface area contributed by atoms with E-state index in [9.17, 15) is 5.11 Å². The second kappa shape index (κ2) is 6.20. The molecule has 0 saturated heterocycles. The first-order chi connectivity index (χ1) is 10.8. The average Bonchev–Trinajstić information content (AvgIpc) is 2.55. The number of aliphatic hydroxyl groups excluding tert-OH is 1. The Hall–Kier alpha value is -2.33. The molecule has 3 aromatic rings. The van der Waals surface area contributed by atoms with Crippen LogP contribution in [0.25, 0.3) is 21.7 Å². The van der Waals surface area contributed by atoms with Gasteiger partial charge in [0.05, 0.1) is 24.5 Å². The zero-order chi connectivity index (χ0) is 15.5. The van der Waals surface area contributed by atoms with E-state index in [0.717, 1.165) is 33.2 Å². The Morgan fingerprint density at radius 1 is 1.05 bits per heavy atom. The highest BCUT2D eigenvalue weighted by atomic mass is 16.5. The molecule has 3 rings (SSSR count). The largest absolute Gasteiger partial charge is 0.497 e. The number of benzene rings is 2. The number of ether oxygens (including phenoxy) is 2. The van der Waals surface area contributed by atoms with Crippen LogP contribution in [0.3, 0.4) is 0 Å². The van der Waals surface area contributed by atoms with Gasteiger partial charge in [0.2, 0.25) is 5.52 Å². The van der Waals surface area contributed by atoms with Crippen LogP contribution >= 0.6 is 0 Å². The van der Waals surface area contributed by atoms with Crippen molar-refractivity contribution >= 4 is 21.7 Å². The van der Waals surface area contributed by atoms with Gasteiger partial charge in [0.15, 0.2) is 12.7 Å². The van der Waals surface area contributed by atoms with Crippen LogP contribution in [-0.4, -0.2) is 25.4 Å². The Balaban J connectivity index is 2.32. The molecule has 2 aromatic carbocycles. The molecule has 0 saturated carbocycles. The molecule has 4 nitrogen and oxygen atoms in total. The van der Waals surface area contributed by atoms with Gasteiger partial charge in [-0.15, -0.1) is 0 Å². The number of methoxy groups -OCH3 is 1. The first-order valence-corrected chi connectivity index (χ1v) is 7.44. The number of hydrogen-bond acceptors (Lipinski definition) is 3. The molecule has 0 atom stereocenters. The molecular weight excluding hydrogens is 278 g/mol. The Bertz CT molecular complexity index is 814. The normalized spacial score (nSPS) is 11.0. The lowest BCUT2D eigenvalue weighted by Crippen LogP contribution is -2.36. The summed E-state index contributed by atoms with van der Waals surface area (Å²) < 4.78 is 13.0. The summed E-state index contributed by atoms with van der Waals surface area (Å²) in [6, 6.07) is 12.1. The van der Waals surface area contributed by atoms with Crippen LogP contribution in [-0.2, 0) is 6.54 Å². The predicted octanol–water partition coefficient (Wildman–Crippen LogP) is 2.68. The van der Waals surface area contributed by atoms with E-state index in [1.165, 1.54) is 0 Å². The van der Waals surface area contributed by atoms with E-state index in [2.05, 4.69) is 22.9 Å². The number of fused-ring (bicyclic) bond motifs is 3. The summed E-state index contributed by atoms with van der Waals surface area (Å²) in [6.45, 7) is 3.27. The van der Waals surface area contributed by atoms with Gasteiger partial charge in [0.25, 0.3) is 0 Å². The van der Waals surface area contributed by atoms with E-state index in [-0.39, 0.29) is 6.61 Å². The summed E-state index contributed by atoms with van der Waals surface area (Å²) >= 11 is 0. The fraction of sp³-hybridized carbons (Fsp3) is 0.278. The highest BCUT2D eigenvalue weighted by molar-refractivity contribution is 6.04. The minimum Gasteiger partial charge on any atom is -0.497 e. The fourth-order valence-corrected chi connectivity index (χ4v) is 2.79. The van der Waals surface area contributed by atoms with Gasteiger partial charge < -0.3 is 14.6 Å². The molecule has 0 aliphatic heterocycles. The van der Waals surface area contributed by atoms with Crippen molar-refractivity contribution in [3.63, 3.8) is 0 Å². The van der Waals surface area contributed by atoms with Gasteiger partial charge in [0.1, 0.15) is 18.1 Å². The van der Waals surface area contributed by atoms with Gasteiger partial charge in [0, 0.05) is 11.5 Å². The maximum Gasteiger partial charge on any atom is 0.213 e. The Morgan fingerprint density at radius 2 is 1.86 bits per heavy atom. The minimum absolute atomic E-state index is 0.0997. The third kappa shape index (κ3) is 2.57. The zero-order valence-electron chi connectivity index (χ0n) is 12.9. The van der Waals surface area contributed by atoms with E-state index < -0.39 is 0 Å². The van der Waals surface area contributed by atoms with Crippen LogP contribution in [0.2, 0.25) is 0 Å². The summed E-state index contributed by atoms with van der Waals surface area (Å²) in [5.41, 5.74) is 1.08. The maximum atomic E-state index is 9.32. The summed E-state index contributed by atoms with van der Waals surface area (Å²) in [4.78, 5) is 0. The van der Waals surface area contributed by atoms with Gasteiger partial charge in [-0.05, 0) is 37.3 Å². The highest BCUT2D eigenvalue weighted by Gasteiger charge is 2.14. The average molecular weight is 298 g/mol. The number of aromatic nitrogens is 1. The van der Waals surface area contributed by atoms with Gasteiger partial charge in [-0.1, -0.05) is 0 Å². The fourth-order valence-electron chi connectivity index (χ4n) is 2.79. The van der Waals surface area contributed by atoms with Crippen LogP contribution in [0.1, 0.15) is 6.92 Å². The van der Waals surface area contributed by atoms with Crippen LogP contribution in [0.15, 0.2) is 42.6 Å². The lowest BCUT2D eigenvalue weighted by Gasteiger charge is -2.09. The van der Waals surface area contributed by atoms with Crippen molar-refractivity contribution in [3.8, 4) is 11.5 Å². The topological polar surface area (TPSA) is 42.6 Å². The molecule has 0 radical (unpaired) electrons. The standard InChI is InChI=1S/C18H20NO3/c1-3-22-15-5-7-18-17(11-15)16-6-4-14(21-2)10-13(16)12-19(18)8-9-20/h4-7,10-12,20H,3,8-9H2,1-2H3/q+1. The highest BCUT2D eigenvalue weighted by Crippen LogP contribution is 2.28. The third-order valence-electron chi connectivity index (χ3n) is 3.77. The molecule has 114 valence electrons. The summed E-state index contributed by atoms with van der Waals surface area (Å²) in [5.74, 6) is 1.68. The molecule has 0 aliphatic rings. The van der Waals surface area contributed by atoms with Gasteiger partial charge in [-0.25, -0.2) is 0 Å². The molecule has 0 bridgehead atoms. The first kappa shape index (κ1) is 14.6.